The van der Waals surface area contributed by atoms with E-state index in [1.54, 1.807) is 11.7 Å². The van der Waals surface area contributed by atoms with Crippen LogP contribution in [0.4, 0.5) is 0 Å². The summed E-state index contributed by atoms with van der Waals surface area (Å²) < 4.78 is 8.44. The van der Waals surface area contributed by atoms with Crippen molar-refractivity contribution in [3.63, 3.8) is 0 Å². The molecule has 0 unspecified atom stereocenters. The fraction of sp³-hybridized carbons (Fsp3) is 0.250. The number of hydrogen-bond donors (Lipinski definition) is 0. The second kappa shape index (κ2) is 8.01. The van der Waals surface area contributed by atoms with E-state index in [4.69, 9.17) is 16.3 Å². The van der Waals surface area contributed by atoms with Crippen LogP contribution in [0.25, 0.3) is 10.9 Å². The third-order valence-corrected chi connectivity index (χ3v) is 6.30. The number of thiophene rings is 1. The average molecular weight is 446 g/mol. The van der Waals surface area contributed by atoms with Gasteiger partial charge >= 0.3 is 0 Å². The molecule has 0 radical (unpaired) electrons. The summed E-state index contributed by atoms with van der Waals surface area (Å²) in [6.45, 7) is 0.928. The van der Waals surface area contributed by atoms with Crippen molar-refractivity contribution in [1.29, 1.82) is 0 Å². The van der Waals surface area contributed by atoms with Gasteiger partial charge in [-0.05, 0) is 30.3 Å². The van der Waals surface area contributed by atoms with Crippen molar-refractivity contribution in [2.75, 3.05) is 13.7 Å². The maximum Gasteiger partial charge on any atom is 0.262 e. The van der Waals surface area contributed by atoms with E-state index in [2.05, 4.69) is 20.9 Å². The molecule has 0 saturated carbocycles. The van der Waals surface area contributed by atoms with Crippen LogP contribution in [0.5, 0.6) is 0 Å². The minimum Gasteiger partial charge on any atom is -0.383 e. The summed E-state index contributed by atoms with van der Waals surface area (Å²) in [7, 11) is 1.62. The zero-order valence-electron chi connectivity index (χ0n) is 12.8. The molecule has 0 saturated heterocycles. The van der Waals surface area contributed by atoms with Crippen molar-refractivity contribution in [1.82, 2.24) is 9.55 Å². The summed E-state index contributed by atoms with van der Waals surface area (Å²) in [6, 6.07) is 9.43. The van der Waals surface area contributed by atoms with E-state index in [-0.39, 0.29) is 5.56 Å². The zero-order valence-corrected chi connectivity index (χ0v) is 16.8. The lowest BCUT2D eigenvalue weighted by Crippen LogP contribution is -2.25. The molecule has 3 rings (SSSR count). The molecule has 0 aliphatic carbocycles. The van der Waals surface area contributed by atoms with E-state index in [0.717, 1.165) is 19.4 Å². The minimum atomic E-state index is -0.0509. The molecule has 0 atom stereocenters. The summed E-state index contributed by atoms with van der Waals surface area (Å²) >= 11 is 12.5. The highest BCUT2D eigenvalue weighted by Crippen LogP contribution is 2.28. The lowest BCUT2D eigenvalue weighted by molar-refractivity contribution is 0.183. The number of aromatic nitrogens is 2. The lowest BCUT2D eigenvalue weighted by atomic mass is 10.2. The van der Waals surface area contributed by atoms with Crippen LogP contribution in [0.15, 0.2) is 44.8 Å². The first kappa shape index (κ1) is 17.9. The molecule has 0 aliphatic rings. The summed E-state index contributed by atoms with van der Waals surface area (Å²) in [5.41, 5.74) is 0.647. The molecule has 2 heterocycles. The van der Waals surface area contributed by atoms with Crippen LogP contribution in [0, 0.1) is 0 Å². The van der Waals surface area contributed by atoms with Gasteiger partial charge in [0.15, 0.2) is 5.16 Å². The third kappa shape index (κ3) is 4.03. The molecule has 126 valence electrons. The van der Waals surface area contributed by atoms with Crippen molar-refractivity contribution in [3.8, 4) is 0 Å². The second-order valence-corrected chi connectivity index (χ2v) is 8.66. The number of halogens is 2. The molecule has 0 fully saturated rings. The number of thioether (sulfide) groups is 1. The first-order valence-electron chi connectivity index (χ1n) is 7.14. The van der Waals surface area contributed by atoms with Gasteiger partial charge in [-0.25, -0.2) is 4.98 Å². The van der Waals surface area contributed by atoms with Gasteiger partial charge in [0.1, 0.15) is 0 Å². The quantitative estimate of drug-likeness (QED) is 0.403. The minimum absolute atomic E-state index is 0.0509. The van der Waals surface area contributed by atoms with Crippen LogP contribution in [0.2, 0.25) is 4.34 Å². The van der Waals surface area contributed by atoms with Gasteiger partial charge in [-0.15, -0.1) is 11.3 Å². The predicted octanol–water partition coefficient (Wildman–Crippen LogP) is 4.81. The Morgan fingerprint density at radius 3 is 2.92 bits per heavy atom. The first-order chi connectivity index (χ1) is 11.6. The molecule has 0 amide bonds. The van der Waals surface area contributed by atoms with E-state index in [1.165, 1.54) is 23.1 Å². The maximum atomic E-state index is 12.8. The van der Waals surface area contributed by atoms with E-state index < -0.39 is 0 Å². The Balaban J connectivity index is 2.00. The third-order valence-electron chi connectivity index (χ3n) is 3.37. The number of fused-ring (bicyclic) bond motifs is 1. The molecule has 0 aliphatic heterocycles. The molecule has 24 heavy (non-hydrogen) atoms. The van der Waals surface area contributed by atoms with Gasteiger partial charge in [-0.1, -0.05) is 39.3 Å². The normalized spacial score (nSPS) is 11.3. The van der Waals surface area contributed by atoms with Crippen molar-refractivity contribution in [2.24, 2.45) is 0 Å². The number of nitrogens with zero attached hydrogens (tertiary/aromatic N) is 2. The van der Waals surface area contributed by atoms with Gasteiger partial charge in [0.2, 0.25) is 0 Å². The molecule has 2 aromatic heterocycles. The van der Waals surface area contributed by atoms with Gasteiger partial charge in [0.05, 0.1) is 28.4 Å². The van der Waals surface area contributed by atoms with E-state index in [1.807, 2.05) is 30.3 Å². The Morgan fingerprint density at radius 1 is 1.38 bits per heavy atom. The second-order valence-electron chi connectivity index (χ2n) is 5.00. The van der Waals surface area contributed by atoms with Crippen LogP contribution >= 0.6 is 50.6 Å². The highest BCUT2D eigenvalue weighted by atomic mass is 79.9. The fourth-order valence-corrected chi connectivity index (χ4v) is 4.74. The van der Waals surface area contributed by atoms with Crippen LogP contribution in [-0.2, 0) is 17.0 Å². The molecule has 0 bridgehead atoms. The fourth-order valence-electron chi connectivity index (χ4n) is 2.23. The summed E-state index contributed by atoms with van der Waals surface area (Å²) in [4.78, 5) is 18.7. The van der Waals surface area contributed by atoms with Gasteiger partial charge in [0.25, 0.3) is 5.56 Å². The van der Waals surface area contributed by atoms with Crippen molar-refractivity contribution in [3.05, 3.63) is 54.4 Å². The van der Waals surface area contributed by atoms with Crippen molar-refractivity contribution >= 4 is 61.5 Å². The number of benzene rings is 1. The molecule has 1 aromatic carbocycles. The summed E-state index contributed by atoms with van der Waals surface area (Å²) in [5.74, 6) is 0.721. The van der Waals surface area contributed by atoms with Crippen molar-refractivity contribution < 1.29 is 4.74 Å². The Kier molecular flexibility index (Phi) is 5.99. The molecule has 8 heteroatoms. The summed E-state index contributed by atoms with van der Waals surface area (Å²) in [6.07, 6.45) is 0. The number of ether oxygens (including phenoxy) is 1. The molecule has 3 aromatic rings. The Morgan fingerprint density at radius 2 is 2.21 bits per heavy atom. The van der Waals surface area contributed by atoms with E-state index in [0.29, 0.717) is 29.2 Å². The standard InChI is InChI=1S/C16H14BrClN2O2S2/c1-22-7-6-20-15(21)12-8-10(17)2-4-13(12)19-16(20)23-9-11-3-5-14(18)24-11/h2-5,8H,6-7,9H2,1H3. The van der Waals surface area contributed by atoms with Crippen LogP contribution in [-0.4, -0.2) is 23.3 Å². The Bertz CT molecular complexity index is 926. The molecule has 4 nitrogen and oxygen atoms in total. The van der Waals surface area contributed by atoms with Crippen LogP contribution in [0.3, 0.4) is 0 Å². The number of hydrogen-bond acceptors (Lipinski definition) is 5. The molecule has 0 N–H and O–H groups in total. The number of rotatable bonds is 6. The van der Waals surface area contributed by atoms with E-state index >= 15 is 0 Å². The molecular weight excluding hydrogens is 432 g/mol. The predicted molar refractivity (Wildman–Crippen MR) is 104 cm³/mol. The van der Waals surface area contributed by atoms with Crippen LogP contribution < -0.4 is 5.56 Å². The smallest absolute Gasteiger partial charge is 0.262 e. The number of methoxy groups -OCH3 is 1. The van der Waals surface area contributed by atoms with Gasteiger partial charge in [-0.3, -0.25) is 9.36 Å². The van der Waals surface area contributed by atoms with Crippen molar-refractivity contribution in [2.45, 2.75) is 17.5 Å². The lowest BCUT2D eigenvalue weighted by Gasteiger charge is -2.12. The monoisotopic (exact) mass is 444 g/mol. The SMILES string of the molecule is COCCn1c(SCc2ccc(Cl)s2)nc2ccc(Br)cc2c1=O. The average Bonchev–Trinajstić information content (AvgIpc) is 2.98. The zero-order chi connectivity index (χ0) is 17.1. The molecule has 0 spiro atoms. The Hall–Kier alpha value is -0.860. The highest BCUT2D eigenvalue weighted by Gasteiger charge is 2.12. The topological polar surface area (TPSA) is 44.1 Å². The maximum absolute atomic E-state index is 12.8. The van der Waals surface area contributed by atoms with Gasteiger partial charge < -0.3 is 4.74 Å². The van der Waals surface area contributed by atoms with E-state index in [9.17, 15) is 4.79 Å². The van der Waals surface area contributed by atoms with Gasteiger partial charge in [0, 0.05) is 22.2 Å². The molecular formula is C16H14BrClN2O2S2. The Labute approximate surface area is 160 Å². The van der Waals surface area contributed by atoms with Crippen LogP contribution in [0.1, 0.15) is 4.88 Å². The largest absolute Gasteiger partial charge is 0.383 e. The summed E-state index contributed by atoms with van der Waals surface area (Å²) in [5, 5.41) is 1.29. The van der Waals surface area contributed by atoms with Gasteiger partial charge in [-0.2, -0.15) is 0 Å². The highest BCUT2D eigenvalue weighted by molar-refractivity contribution is 9.10. The first-order valence-corrected chi connectivity index (χ1v) is 10.1.